The number of ether oxygens (including phenoxy) is 1. The average Bonchev–Trinajstić information content (AvgIpc) is 3.21. The van der Waals surface area contributed by atoms with E-state index in [1.54, 1.807) is 28.9 Å². The minimum absolute atomic E-state index is 0.000304. The van der Waals surface area contributed by atoms with Crippen molar-refractivity contribution in [1.82, 2.24) is 24.8 Å². The molecule has 0 N–H and O–H groups in total. The molecule has 1 aliphatic carbocycles. The summed E-state index contributed by atoms with van der Waals surface area (Å²) in [5.41, 5.74) is 1.49. The van der Waals surface area contributed by atoms with E-state index in [0.29, 0.717) is 30.5 Å². The Labute approximate surface area is 155 Å². The van der Waals surface area contributed by atoms with E-state index in [1.807, 2.05) is 24.3 Å². The molecule has 3 heterocycles. The van der Waals surface area contributed by atoms with Crippen molar-refractivity contribution in [2.75, 3.05) is 13.1 Å². The standard InChI is InChI=1S/C19H19N5O3/c1-23-16(8-9-20-23)19(25)24-10-15(11-24)26-14-6-4-12(5-7-14)17-21-18(27-22-17)13-2-3-13/h4-9,13,15H,2-3,10-11H2,1H3. The van der Waals surface area contributed by atoms with E-state index in [0.717, 1.165) is 30.0 Å². The van der Waals surface area contributed by atoms with Gasteiger partial charge < -0.3 is 14.2 Å². The molecular weight excluding hydrogens is 346 g/mol. The van der Waals surface area contributed by atoms with Crippen LogP contribution in [-0.2, 0) is 7.05 Å². The van der Waals surface area contributed by atoms with E-state index in [9.17, 15) is 4.79 Å². The first-order valence-electron chi connectivity index (χ1n) is 9.05. The molecule has 1 saturated heterocycles. The Hall–Kier alpha value is -3.16. The minimum atomic E-state index is -0.0197. The van der Waals surface area contributed by atoms with Crippen LogP contribution < -0.4 is 4.74 Å². The molecule has 0 atom stereocenters. The van der Waals surface area contributed by atoms with Gasteiger partial charge in [-0.05, 0) is 43.2 Å². The second-order valence-electron chi connectivity index (χ2n) is 7.04. The molecule has 0 bridgehead atoms. The second-order valence-corrected chi connectivity index (χ2v) is 7.04. The number of hydrogen-bond donors (Lipinski definition) is 0. The van der Waals surface area contributed by atoms with Gasteiger partial charge in [-0.3, -0.25) is 9.48 Å². The van der Waals surface area contributed by atoms with E-state index in [1.165, 1.54) is 0 Å². The summed E-state index contributed by atoms with van der Waals surface area (Å²) in [4.78, 5) is 18.6. The molecule has 2 fully saturated rings. The predicted octanol–water partition coefficient (Wildman–Crippen LogP) is 2.25. The third-order valence-corrected chi connectivity index (χ3v) is 4.96. The number of carbonyl (C=O) groups excluding carboxylic acids is 1. The van der Waals surface area contributed by atoms with Crippen LogP contribution in [0, 0.1) is 0 Å². The minimum Gasteiger partial charge on any atom is -0.487 e. The maximum Gasteiger partial charge on any atom is 0.272 e. The summed E-state index contributed by atoms with van der Waals surface area (Å²) in [6, 6.07) is 9.37. The quantitative estimate of drug-likeness (QED) is 0.689. The van der Waals surface area contributed by atoms with E-state index in [2.05, 4.69) is 15.2 Å². The molecule has 138 valence electrons. The van der Waals surface area contributed by atoms with E-state index in [-0.39, 0.29) is 12.0 Å². The molecular formula is C19H19N5O3. The molecule has 1 aliphatic heterocycles. The number of aryl methyl sites for hydroxylation is 1. The number of hydrogen-bond acceptors (Lipinski definition) is 6. The van der Waals surface area contributed by atoms with Crippen LogP contribution in [0.5, 0.6) is 5.75 Å². The van der Waals surface area contributed by atoms with Crippen LogP contribution in [0.15, 0.2) is 41.1 Å². The van der Waals surface area contributed by atoms with Crippen LogP contribution in [0.4, 0.5) is 0 Å². The molecule has 8 heteroatoms. The van der Waals surface area contributed by atoms with Gasteiger partial charge >= 0.3 is 0 Å². The van der Waals surface area contributed by atoms with Crippen molar-refractivity contribution in [2.45, 2.75) is 24.9 Å². The highest BCUT2D eigenvalue weighted by Gasteiger charge is 2.34. The topological polar surface area (TPSA) is 86.3 Å². The molecule has 2 aliphatic rings. The van der Waals surface area contributed by atoms with Gasteiger partial charge in [-0.2, -0.15) is 10.1 Å². The fourth-order valence-electron chi connectivity index (χ4n) is 3.15. The Morgan fingerprint density at radius 1 is 1.19 bits per heavy atom. The molecule has 1 aromatic carbocycles. The third kappa shape index (κ3) is 3.07. The smallest absolute Gasteiger partial charge is 0.272 e. The average molecular weight is 365 g/mol. The zero-order valence-electron chi connectivity index (χ0n) is 14.9. The number of nitrogens with zero attached hydrogens (tertiary/aromatic N) is 5. The van der Waals surface area contributed by atoms with Gasteiger partial charge in [-0.25, -0.2) is 0 Å². The van der Waals surface area contributed by atoms with Gasteiger partial charge in [0.1, 0.15) is 17.5 Å². The Bertz CT molecular complexity index is 967. The first kappa shape index (κ1) is 16.0. The predicted molar refractivity (Wildman–Crippen MR) is 95.2 cm³/mol. The number of rotatable bonds is 5. The highest BCUT2D eigenvalue weighted by molar-refractivity contribution is 5.93. The maximum atomic E-state index is 12.3. The van der Waals surface area contributed by atoms with Crippen molar-refractivity contribution in [2.24, 2.45) is 7.05 Å². The van der Waals surface area contributed by atoms with Crippen molar-refractivity contribution in [1.29, 1.82) is 0 Å². The van der Waals surface area contributed by atoms with Crippen molar-refractivity contribution >= 4 is 5.91 Å². The summed E-state index contributed by atoms with van der Waals surface area (Å²) in [5, 5.41) is 8.08. The molecule has 3 aromatic rings. The molecule has 5 rings (SSSR count). The first-order valence-corrected chi connectivity index (χ1v) is 9.05. The lowest BCUT2D eigenvalue weighted by Gasteiger charge is -2.38. The number of benzene rings is 1. The highest BCUT2D eigenvalue weighted by Crippen LogP contribution is 2.39. The van der Waals surface area contributed by atoms with Gasteiger partial charge in [-0.1, -0.05) is 5.16 Å². The van der Waals surface area contributed by atoms with Gasteiger partial charge in [0, 0.05) is 24.7 Å². The number of amides is 1. The number of carbonyl (C=O) groups is 1. The normalized spacial score (nSPS) is 17.0. The SMILES string of the molecule is Cn1nccc1C(=O)N1CC(Oc2ccc(-c3noc(C4CC4)n3)cc2)C1. The third-order valence-electron chi connectivity index (χ3n) is 4.96. The van der Waals surface area contributed by atoms with Gasteiger partial charge in [-0.15, -0.1) is 0 Å². The summed E-state index contributed by atoms with van der Waals surface area (Å²) >= 11 is 0. The zero-order chi connectivity index (χ0) is 18.4. The zero-order valence-corrected chi connectivity index (χ0v) is 14.9. The van der Waals surface area contributed by atoms with Gasteiger partial charge in [0.2, 0.25) is 11.7 Å². The maximum absolute atomic E-state index is 12.3. The Balaban J connectivity index is 1.17. The largest absolute Gasteiger partial charge is 0.487 e. The number of likely N-dealkylation sites (tertiary alicyclic amines) is 1. The fourth-order valence-corrected chi connectivity index (χ4v) is 3.15. The molecule has 1 saturated carbocycles. The lowest BCUT2D eigenvalue weighted by Crippen LogP contribution is -2.56. The molecule has 2 aromatic heterocycles. The van der Waals surface area contributed by atoms with Crippen LogP contribution in [-0.4, -0.2) is 49.9 Å². The lowest BCUT2D eigenvalue weighted by atomic mass is 10.1. The summed E-state index contributed by atoms with van der Waals surface area (Å²) < 4.78 is 12.8. The summed E-state index contributed by atoms with van der Waals surface area (Å²) in [7, 11) is 1.76. The van der Waals surface area contributed by atoms with Crippen LogP contribution in [0.1, 0.15) is 35.1 Å². The van der Waals surface area contributed by atoms with Crippen molar-refractivity contribution in [3.8, 4) is 17.1 Å². The summed E-state index contributed by atoms with van der Waals surface area (Å²) in [5.74, 6) is 2.54. The van der Waals surface area contributed by atoms with Crippen molar-refractivity contribution < 1.29 is 14.1 Å². The summed E-state index contributed by atoms with van der Waals surface area (Å²) in [6.07, 6.45) is 3.89. The molecule has 8 nitrogen and oxygen atoms in total. The lowest BCUT2D eigenvalue weighted by molar-refractivity contribution is 0.0170. The van der Waals surface area contributed by atoms with Crippen molar-refractivity contribution in [3.05, 3.63) is 48.1 Å². The molecule has 0 radical (unpaired) electrons. The monoisotopic (exact) mass is 365 g/mol. The Kier molecular flexibility index (Phi) is 3.70. The number of aromatic nitrogens is 4. The van der Waals surface area contributed by atoms with Crippen LogP contribution in [0.25, 0.3) is 11.4 Å². The van der Waals surface area contributed by atoms with E-state index >= 15 is 0 Å². The highest BCUT2D eigenvalue weighted by atomic mass is 16.5. The Morgan fingerprint density at radius 3 is 2.63 bits per heavy atom. The van der Waals surface area contributed by atoms with E-state index in [4.69, 9.17) is 9.26 Å². The summed E-state index contributed by atoms with van der Waals surface area (Å²) in [6.45, 7) is 1.14. The molecule has 27 heavy (non-hydrogen) atoms. The second kappa shape index (κ2) is 6.22. The Morgan fingerprint density at radius 2 is 1.96 bits per heavy atom. The fraction of sp³-hybridized carbons (Fsp3) is 0.368. The first-order chi connectivity index (χ1) is 13.2. The van der Waals surface area contributed by atoms with Crippen molar-refractivity contribution in [3.63, 3.8) is 0 Å². The van der Waals surface area contributed by atoms with Crippen LogP contribution in [0.2, 0.25) is 0 Å². The van der Waals surface area contributed by atoms with Crippen LogP contribution >= 0.6 is 0 Å². The molecule has 0 spiro atoms. The van der Waals surface area contributed by atoms with Gasteiger partial charge in [0.15, 0.2) is 0 Å². The molecule has 0 unspecified atom stereocenters. The van der Waals surface area contributed by atoms with Gasteiger partial charge in [0.25, 0.3) is 5.91 Å². The van der Waals surface area contributed by atoms with Crippen LogP contribution in [0.3, 0.4) is 0 Å². The molecule has 1 amide bonds. The van der Waals surface area contributed by atoms with Gasteiger partial charge in [0.05, 0.1) is 13.1 Å². The van der Waals surface area contributed by atoms with E-state index < -0.39 is 0 Å².